The Morgan fingerprint density at radius 1 is 1.04 bits per heavy atom. The molecule has 0 atom stereocenters. The molecule has 0 aromatic rings. The van der Waals surface area contributed by atoms with Crippen molar-refractivity contribution in [3.8, 4) is 0 Å². The van der Waals surface area contributed by atoms with Crippen molar-refractivity contribution in [2.75, 3.05) is 40.3 Å². The molecule has 1 saturated heterocycles. The fourth-order valence-corrected chi connectivity index (χ4v) is 2.86. The number of carbonyl (C=O) groups excluding carboxylic acids is 1. The molecule has 1 aliphatic rings. The van der Waals surface area contributed by atoms with Crippen molar-refractivity contribution in [1.82, 2.24) is 20.9 Å². The number of likely N-dealkylation sites (tertiary alicyclic amines) is 1. The maximum atomic E-state index is 11.8. The molecule has 0 aliphatic carbocycles. The van der Waals surface area contributed by atoms with Crippen LogP contribution in [0.5, 0.6) is 0 Å². The van der Waals surface area contributed by atoms with Crippen molar-refractivity contribution < 1.29 is 4.79 Å². The Hall–Kier alpha value is -1.30. The third-order valence-electron chi connectivity index (χ3n) is 4.66. The lowest BCUT2D eigenvalue weighted by atomic mass is 9.92. The van der Waals surface area contributed by atoms with Crippen LogP contribution in [-0.2, 0) is 4.79 Å². The molecular weight excluding hydrogens is 290 g/mol. The van der Waals surface area contributed by atoms with Crippen molar-refractivity contribution in [3.63, 3.8) is 0 Å². The summed E-state index contributed by atoms with van der Waals surface area (Å²) in [5.74, 6) is 0.765. The van der Waals surface area contributed by atoms with E-state index >= 15 is 0 Å². The van der Waals surface area contributed by atoms with E-state index < -0.39 is 5.41 Å². The second-order valence-corrected chi connectivity index (χ2v) is 7.60. The number of aliphatic imine (C=N–C) groups is 1. The maximum absolute atomic E-state index is 11.8. The Balaban J connectivity index is 2.49. The second kappa shape index (κ2) is 8.52. The Bertz CT molecular complexity index is 411. The summed E-state index contributed by atoms with van der Waals surface area (Å²) in [6.45, 7) is 12.1. The monoisotopic (exact) mass is 325 g/mol. The molecule has 1 amide bonds. The second-order valence-electron chi connectivity index (χ2n) is 7.60. The summed E-state index contributed by atoms with van der Waals surface area (Å²) >= 11 is 0. The summed E-state index contributed by atoms with van der Waals surface area (Å²) in [6, 6.07) is 0. The van der Waals surface area contributed by atoms with Gasteiger partial charge in [-0.2, -0.15) is 0 Å². The molecule has 1 aliphatic heterocycles. The normalized spacial score (nSPS) is 17.7. The zero-order valence-electron chi connectivity index (χ0n) is 15.8. The number of amides is 1. The number of guanidine groups is 1. The summed E-state index contributed by atoms with van der Waals surface area (Å²) in [4.78, 5) is 18.7. The first-order valence-corrected chi connectivity index (χ1v) is 8.65. The van der Waals surface area contributed by atoms with Crippen LogP contribution in [0.1, 0.15) is 47.0 Å². The zero-order chi connectivity index (χ0) is 17.5. The van der Waals surface area contributed by atoms with Crippen LogP contribution in [0.25, 0.3) is 0 Å². The highest BCUT2D eigenvalue weighted by Gasteiger charge is 2.29. The SMILES string of the molecule is CN=C(NCC(C)(C)C(=O)NC)NCC(C)(C)N1CCCCC1. The van der Waals surface area contributed by atoms with Gasteiger partial charge in [-0.1, -0.05) is 6.42 Å². The molecule has 1 rings (SSSR count). The summed E-state index contributed by atoms with van der Waals surface area (Å²) in [5, 5.41) is 9.36. The van der Waals surface area contributed by atoms with E-state index in [1.54, 1.807) is 14.1 Å². The van der Waals surface area contributed by atoms with Crippen LogP contribution in [0, 0.1) is 5.41 Å². The minimum absolute atomic E-state index is 0.0223. The summed E-state index contributed by atoms with van der Waals surface area (Å²) in [5.41, 5.74) is -0.386. The van der Waals surface area contributed by atoms with Crippen LogP contribution < -0.4 is 16.0 Å². The minimum atomic E-state index is -0.477. The largest absolute Gasteiger partial charge is 0.359 e. The van der Waals surface area contributed by atoms with Crippen LogP contribution in [0.2, 0.25) is 0 Å². The Morgan fingerprint density at radius 2 is 1.61 bits per heavy atom. The van der Waals surface area contributed by atoms with Gasteiger partial charge in [-0.05, 0) is 53.6 Å². The zero-order valence-corrected chi connectivity index (χ0v) is 15.8. The van der Waals surface area contributed by atoms with Crippen LogP contribution >= 0.6 is 0 Å². The van der Waals surface area contributed by atoms with Crippen molar-refractivity contribution in [2.24, 2.45) is 10.4 Å². The van der Waals surface area contributed by atoms with Gasteiger partial charge in [0, 0.05) is 32.7 Å². The maximum Gasteiger partial charge on any atom is 0.227 e. The molecule has 0 bridgehead atoms. The first-order chi connectivity index (χ1) is 10.7. The molecule has 1 heterocycles. The van der Waals surface area contributed by atoms with Gasteiger partial charge in [0.05, 0.1) is 5.41 Å². The van der Waals surface area contributed by atoms with E-state index in [1.807, 2.05) is 13.8 Å². The standard InChI is InChI=1S/C17H35N5O/c1-16(2,14(23)18-5)12-20-15(19-6)21-13-17(3,4)22-10-8-7-9-11-22/h7-13H2,1-6H3,(H,18,23)(H2,19,20,21). The van der Waals surface area contributed by atoms with Gasteiger partial charge in [-0.15, -0.1) is 0 Å². The van der Waals surface area contributed by atoms with Gasteiger partial charge in [0.2, 0.25) is 5.91 Å². The Morgan fingerprint density at radius 3 is 2.13 bits per heavy atom. The fourth-order valence-electron chi connectivity index (χ4n) is 2.86. The van der Waals surface area contributed by atoms with E-state index in [0.717, 1.165) is 12.5 Å². The molecule has 3 N–H and O–H groups in total. The first-order valence-electron chi connectivity index (χ1n) is 8.65. The lowest BCUT2D eigenvalue weighted by Crippen LogP contribution is -2.55. The molecular formula is C17H35N5O. The average molecular weight is 326 g/mol. The van der Waals surface area contributed by atoms with E-state index in [9.17, 15) is 4.79 Å². The van der Waals surface area contributed by atoms with Crippen LogP contribution in [0.3, 0.4) is 0 Å². The van der Waals surface area contributed by atoms with Gasteiger partial charge >= 0.3 is 0 Å². The summed E-state index contributed by atoms with van der Waals surface area (Å²) in [7, 11) is 3.43. The minimum Gasteiger partial charge on any atom is -0.359 e. The smallest absolute Gasteiger partial charge is 0.227 e. The number of piperidine rings is 1. The van der Waals surface area contributed by atoms with Crippen LogP contribution in [0.4, 0.5) is 0 Å². The average Bonchev–Trinajstić information content (AvgIpc) is 2.54. The van der Waals surface area contributed by atoms with Crippen LogP contribution in [0.15, 0.2) is 4.99 Å². The summed E-state index contributed by atoms with van der Waals surface area (Å²) < 4.78 is 0. The molecule has 0 saturated carbocycles. The van der Waals surface area contributed by atoms with E-state index in [0.29, 0.717) is 6.54 Å². The molecule has 6 nitrogen and oxygen atoms in total. The lowest BCUT2D eigenvalue weighted by Gasteiger charge is -2.41. The predicted molar refractivity (Wildman–Crippen MR) is 96.7 cm³/mol. The number of nitrogens with zero attached hydrogens (tertiary/aromatic N) is 2. The van der Waals surface area contributed by atoms with Gasteiger partial charge in [0.15, 0.2) is 5.96 Å². The molecule has 6 heteroatoms. The third kappa shape index (κ3) is 6.01. The van der Waals surface area contributed by atoms with Gasteiger partial charge in [-0.3, -0.25) is 14.7 Å². The van der Waals surface area contributed by atoms with Crippen LogP contribution in [-0.4, -0.2) is 62.6 Å². The third-order valence-corrected chi connectivity index (χ3v) is 4.66. The molecule has 0 spiro atoms. The topological polar surface area (TPSA) is 68.8 Å². The summed E-state index contributed by atoms with van der Waals surface area (Å²) in [6.07, 6.45) is 3.92. The highest BCUT2D eigenvalue weighted by Crippen LogP contribution is 2.19. The molecule has 0 radical (unpaired) electrons. The molecule has 23 heavy (non-hydrogen) atoms. The molecule has 134 valence electrons. The van der Waals surface area contributed by atoms with Crippen molar-refractivity contribution in [1.29, 1.82) is 0 Å². The van der Waals surface area contributed by atoms with Crippen molar-refractivity contribution in [3.05, 3.63) is 0 Å². The van der Waals surface area contributed by atoms with Gasteiger partial charge in [0.25, 0.3) is 0 Å². The Labute approximate surface area is 141 Å². The van der Waals surface area contributed by atoms with Crippen molar-refractivity contribution in [2.45, 2.75) is 52.5 Å². The lowest BCUT2D eigenvalue weighted by molar-refractivity contribution is -0.128. The van der Waals surface area contributed by atoms with E-state index in [2.05, 4.69) is 39.7 Å². The van der Waals surface area contributed by atoms with Gasteiger partial charge < -0.3 is 16.0 Å². The van der Waals surface area contributed by atoms with E-state index in [-0.39, 0.29) is 11.4 Å². The van der Waals surface area contributed by atoms with Crippen molar-refractivity contribution >= 4 is 11.9 Å². The number of hydrogen-bond acceptors (Lipinski definition) is 3. The number of rotatable bonds is 6. The molecule has 0 aromatic carbocycles. The number of hydrogen-bond donors (Lipinski definition) is 3. The highest BCUT2D eigenvalue weighted by molar-refractivity contribution is 5.84. The highest BCUT2D eigenvalue weighted by atomic mass is 16.2. The predicted octanol–water partition coefficient (Wildman–Crippen LogP) is 1.19. The fraction of sp³-hybridized carbons (Fsp3) is 0.882. The van der Waals surface area contributed by atoms with Gasteiger partial charge in [0.1, 0.15) is 0 Å². The van der Waals surface area contributed by atoms with E-state index in [4.69, 9.17) is 0 Å². The molecule has 0 unspecified atom stereocenters. The first kappa shape index (κ1) is 19.7. The number of nitrogens with one attached hydrogen (secondary N) is 3. The van der Waals surface area contributed by atoms with E-state index in [1.165, 1.54) is 32.4 Å². The Kier molecular flexibility index (Phi) is 7.32. The molecule has 1 fully saturated rings. The van der Waals surface area contributed by atoms with Gasteiger partial charge in [-0.25, -0.2) is 0 Å². The molecule has 0 aromatic heterocycles. The quantitative estimate of drug-likeness (QED) is 0.507. The number of carbonyl (C=O) groups is 1.